The lowest BCUT2D eigenvalue weighted by molar-refractivity contribution is 0.323. The van der Waals surface area contributed by atoms with Crippen molar-refractivity contribution in [1.29, 1.82) is 0 Å². The van der Waals surface area contributed by atoms with E-state index in [1.807, 2.05) is 0 Å². The van der Waals surface area contributed by atoms with Crippen LogP contribution in [0.15, 0.2) is 24.3 Å². The van der Waals surface area contributed by atoms with Crippen LogP contribution in [-0.2, 0) is 0 Å². The quantitative estimate of drug-likeness (QED) is 0.500. The monoisotopic (exact) mass is 148 g/mol. The fourth-order valence-electron chi connectivity index (χ4n) is 2.27. The van der Waals surface area contributed by atoms with Crippen LogP contribution in [0.2, 0.25) is 0 Å². The molecule has 0 heterocycles. The SMILES string of the molecule is C1=CCC(C2CC=CC2)CC1. The van der Waals surface area contributed by atoms with Gasteiger partial charge in [-0.2, -0.15) is 0 Å². The maximum absolute atomic E-state index is 2.37. The van der Waals surface area contributed by atoms with E-state index in [2.05, 4.69) is 24.3 Å². The molecule has 0 aromatic carbocycles. The van der Waals surface area contributed by atoms with E-state index in [9.17, 15) is 0 Å². The van der Waals surface area contributed by atoms with Crippen molar-refractivity contribution < 1.29 is 0 Å². The second-order valence-electron chi connectivity index (χ2n) is 3.75. The van der Waals surface area contributed by atoms with Crippen molar-refractivity contribution in [3.05, 3.63) is 24.3 Å². The van der Waals surface area contributed by atoms with E-state index < -0.39 is 0 Å². The molecule has 0 heteroatoms. The van der Waals surface area contributed by atoms with E-state index in [-0.39, 0.29) is 0 Å². The van der Waals surface area contributed by atoms with Crippen LogP contribution in [0.4, 0.5) is 0 Å². The predicted octanol–water partition coefficient (Wildman–Crippen LogP) is 3.31. The molecule has 2 rings (SSSR count). The normalized spacial score (nSPS) is 31.5. The van der Waals surface area contributed by atoms with Gasteiger partial charge in [-0.15, -0.1) is 0 Å². The molecule has 1 unspecified atom stereocenters. The van der Waals surface area contributed by atoms with Crippen LogP contribution in [0.25, 0.3) is 0 Å². The summed E-state index contributed by atoms with van der Waals surface area (Å²) in [6, 6.07) is 0. The van der Waals surface area contributed by atoms with Gasteiger partial charge >= 0.3 is 0 Å². The van der Waals surface area contributed by atoms with E-state index >= 15 is 0 Å². The first-order valence-electron chi connectivity index (χ1n) is 4.77. The lowest BCUT2D eigenvalue weighted by atomic mass is 9.82. The van der Waals surface area contributed by atoms with Crippen molar-refractivity contribution in [2.45, 2.75) is 32.1 Å². The number of rotatable bonds is 1. The summed E-state index contributed by atoms with van der Waals surface area (Å²) in [5, 5.41) is 0. The first-order chi connectivity index (χ1) is 5.47. The topological polar surface area (TPSA) is 0 Å². The molecule has 0 saturated heterocycles. The zero-order valence-electron chi connectivity index (χ0n) is 7.00. The van der Waals surface area contributed by atoms with Crippen molar-refractivity contribution in [2.24, 2.45) is 11.8 Å². The highest BCUT2D eigenvalue weighted by molar-refractivity contribution is 5.00. The van der Waals surface area contributed by atoms with Crippen LogP contribution in [0.3, 0.4) is 0 Å². The molecular formula is C11H16. The molecule has 11 heavy (non-hydrogen) atoms. The van der Waals surface area contributed by atoms with Gasteiger partial charge in [0, 0.05) is 0 Å². The van der Waals surface area contributed by atoms with Gasteiger partial charge in [-0.25, -0.2) is 0 Å². The second-order valence-corrected chi connectivity index (χ2v) is 3.75. The smallest absolute Gasteiger partial charge is 0.0314 e. The third kappa shape index (κ3) is 1.55. The van der Waals surface area contributed by atoms with Crippen LogP contribution >= 0.6 is 0 Å². The Hall–Kier alpha value is -0.520. The lowest BCUT2D eigenvalue weighted by Crippen LogP contribution is -2.12. The van der Waals surface area contributed by atoms with Crippen LogP contribution in [0.1, 0.15) is 32.1 Å². The highest BCUT2D eigenvalue weighted by atomic mass is 14.3. The first kappa shape index (κ1) is 7.15. The maximum atomic E-state index is 2.37. The molecule has 0 N–H and O–H groups in total. The van der Waals surface area contributed by atoms with E-state index in [1.165, 1.54) is 32.1 Å². The van der Waals surface area contributed by atoms with Crippen LogP contribution in [0.5, 0.6) is 0 Å². The molecule has 0 aromatic rings. The van der Waals surface area contributed by atoms with Crippen molar-refractivity contribution in [2.75, 3.05) is 0 Å². The standard InChI is InChI=1S/C11H16/c1-2-6-10(7-3-1)11-8-4-5-9-11/h1-2,4-5,10-11H,3,6-9H2. The molecule has 0 radical (unpaired) electrons. The Morgan fingerprint density at radius 1 is 0.727 bits per heavy atom. The lowest BCUT2D eigenvalue weighted by Gasteiger charge is -2.23. The van der Waals surface area contributed by atoms with Gasteiger partial charge in [0.1, 0.15) is 0 Å². The van der Waals surface area contributed by atoms with E-state index in [0.717, 1.165) is 11.8 Å². The Morgan fingerprint density at radius 3 is 2.00 bits per heavy atom. The van der Waals surface area contributed by atoms with Gasteiger partial charge < -0.3 is 0 Å². The van der Waals surface area contributed by atoms with Gasteiger partial charge in [0.05, 0.1) is 0 Å². The number of hydrogen-bond donors (Lipinski definition) is 0. The summed E-state index contributed by atoms with van der Waals surface area (Å²) in [6.07, 6.45) is 16.2. The minimum atomic E-state index is 0.986. The predicted molar refractivity (Wildman–Crippen MR) is 48.3 cm³/mol. The summed E-state index contributed by atoms with van der Waals surface area (Å²) < 4.78 is 0. The molecule has 1 atom stereocenters. The molecule has 2 aliphatic carbocycles. The fourth-order valence-corrected chi connectivity index (χ4v) is 2.27. The molecule has 0 fully saturated rings. The molecule has 60 valence electrons. The average molecular weight is 148 g/mol. The van der Waals surface area contributed by atoms with Crippen molar-refractivity contribution >= 4 is 0 Å². The second kappa shape index (κ2) is 3.25. The van der Waals surface area contributed by atoms with Crippen LogP contribution < -0.4 is 0 Å². The highest BCUT2D eigenvalue weighted by Crippen LogP contribution is 2.33. The van der Waals surface area contributed by atoms with Gasteiger partial charge in [0.25, 0.3) is 0 Å². The Balaban J connectivity index is 1.89. The molecular weight excluding hydrogens is 132 g/mol. The van der Waals surface area contributed by atoms with E-state index in [0.29, 0.717) is 0 Å². The zero-order valence-corrected chi connectivity index (χ0v) is 7.00. The third-order valence-corrected chi connectivity index (χ3v) is 3.02. The Morgan fingerprint density at radius 2 is 1.36 bits per heavy atom. The third-order valence-electron chi connectivity index (χ3n) is 3.02. The summed E-state index contributed by atoms with van der Waals surface area (Å²) in [6.45, 7) is 0. The average Bonchev–Trinajstić information content (AvgIpc) is 2.58. The number of allylic oxidation sites excluding steroid dienone is 4. The Kier molecular flexibility index (Phi) is 2.11. The van der Waals surface area contributed by atoms with Crippen LogP contribution in [0, 0.1) is 11.8 Å². The van der Waals surface area contributed by atoms with Gasteiger partial charge in [0.15, 0.2) is 0 Å². The molecule has 0 nitrogen and oxygen atoms in total. The highest BCUT2D eigenvalue weighted by Gasteiger charge is 2.21. The van der Waals surface area contributed by atoms with Crippen molar-refractivity contribution in [3.63, 3.8) is 0 Å². The molecule has 0 saturated carbocycles. The summed E-state index contributed by atoms with van der Waals surface area (Å²) in [5.41, 5.74) is 0. The van der Waals surface area contributed by atoms with Gasteiger partial charge in [-0.1, -0.05) is 24.3 Å². The zero-order chi connectivity index (χ0) is 7.52. The van der Waals surface area contributed by atoms with Crippen LogP contribution in [-0.4, -0.2) is 0 Å². The molecule has 0 spiro atoms. The summed E-state index contributed by atoms with van der Waals surface area (Å²) in [4.78, 5) is 0. The number of hydrogen-bond acceptors (Lipinski definition) is 0. The Bertz CT molecular complexity index is 168. The molecule has 0 aliphatic heterocycles. The molecule has 0 aromatic heterocycles. The first-order valence-corrected chi connectivity index (χ1v) is 4.77. The molecule has 0 bridgehead atoms. The summed E-state index contributed by atoms with van der Waals surface area (Å²) >= 11 is 0. The van der Waals surface area contributed by atoms with Gasteiger partial charge in [-0.3, -0.25) is 0 Å². The molecule has 2 aliphatic rings. The van der Waals surface area contributed by atoms with Crippen molar-refractivity contribution in [1.82, 2.24) is 0 Å². The van der Waals surface area contributed by atoms with E-state index in [4.69, 9.17) is 0 Å². The molecule has 0 amide bonds. The summed E-state index contributed by atoms with van der Waals surface area (Å²) in [5.74, 6) is 1.98. The largest absolute Gasteiger partial charge is 0.0885 e. The minimum Gasteiger partial charge on any atom is -0.0885 e. The Labute approximate surface area is 69.0 Å². The minimum absolute atomic E-state index is 0.986. The summed E-state index contributed by atoms with van der Waals surface area (Å²) in [7, 11) is 0. The van der Waals surface area contributed by atoms with Gasteiger partial charge in [0.2, 0.25) is 0 Å². The van der Waals surface area contributed by atoms with E-state index in [1.54, 1.807) is 0 Å². The van der Waals surface area contributed by atoms with Crippen molar-refractivity contribution in [3.8, 4) is 0 Å². The fraction of sp³-hybridized carbons (Fsp3) is 0.636. The van der Waals surface area contributed by atoms with Gasteiger partial charge in [-0.05, 0) is 43.9 Å². The maximum Gasteiger partial charge on any atom is -0.0314 e.